The van der Waals surface area contributed by atoms with Crippen molar-refractivity contribution >= 4 is 52.7 Å². The molecule has 2 N–H and O–H groups in total. The summed E-state index contributed by atoms with van der Waals surface area (Å²) in [6.07, 6.45) is -0.639. The van der Waals surface area contributed by atoms with Crippen molar-refractivity contribution in [3.05, 3.63) is 63.8 Å². The van der Waals surface area contributed by atoms with Crippen molar-refractivity contribution < 1.29 is 28.2 Å². The van der Waals surface area contributed by atoms with Crippen molar-refractivity contribution in [2.45, 2.75) is 19.8 Å². The maximum atomic E-state index is 14.4. The summed E-state index contributed by atoms with van der Waals surface area (Å²) in [7, 11) is 2.99. The number of esters is 1. The number of carbonyl (C=O) groups is 3. The number of likely N-dealkylation sites (N-methyl/N-ethyl adjacent to an activating group) is 1. The number of aromatic nitrogens is 4. The van der Waals surface area contributed by atoms with E-state index in [1.54, 1.807) is 19.2 Å². The summed E-state index contributed by atoms with van der Waals surface area (Å²) in [4.78, 5) is 42.8. The first-order valence-corrected chi connectivity index (χ1v) is 11.4. The van der Waals surface area contributed by atoms with E-state index in [1.807, 2.05) is 0 Å². The Hall–Kier alpha value is -3.81. The Morgan fingerprint density at radius 1 is 1.22 bits per heavy atom. The van der Waals surface area contributed by atoms with Gasteiger partial charge in [-0.25, -0.2) is 9.78 Å². The Morgan fingerprint density at radius 3 is 2.68 bits per heavy atom. The molecule has 3 rings (SSSR count). The van der Waals surface area contributed by atoms with E-state index in [4.69, 9.17) is 32.7 Å². The Morgan fingerprint density at radius 2 is 1.97 bits per heavy atom. The number of amides is 2. The summed E-state index contributed by atoms with van der Waals surface area (Å²) in [5.41, 5.74) is -0.00582. The second-order valence-corrected chi connectivity index (χ2v) is 8.30. The number of hydrogen-bond donors (Lipinski definition) is 2. The Kier molecular flexibility index (Phi) is 9.33. The van der Waals surface area contributed by atoms with Crippen LogP contribution in [0.4, 0.5) is 20.7 Å². The van der Waals surface area contributed by atoms with Gasteiger partial charge in [0, 0.05) is 23.8 Å². The van der Waals surface area contributed by atoms with Crippen LogP contribution in [0.25, 0.3) is 0 Å². The van der Waals surface area contributed by atoms with Crippen LogP contribution in [0, 0.1) is 5.95 Å². The molecule has 0 aliphatic carbocycles. The fourth-order valence-corrected chi connectivity index (χ4v) is 3.39. The van der Waals surface area contributed by atoms with Crippen molar-refractivity contribution in [1.29, 1.82) is 0 Å². The highest BCUT2D eigenvalue weighted by Crippen LogP contribution is 2.26. The summed E-state index contributed by atoms with van der Waals surface area (Å²) >= 11 is 11.9. The lowest BCUT2D eigenvalue weighted by molar-refractivity contribution is -0.143. The maximum absolute atomic E-state index is 14.4. The van der Waals surface area contributed by atoms with Crippen LogP contribution in [-0.4, -0.2) is 58.6 Å². The van der Waals surface area contributed by atoms with Gasteiger partial charge in [0.25, 0.3) is 11.9 Å². The van der Waals surface area contributed by atoms with Crippen LogP contribution in [-0.2, 0) is 20.9 Å². The molecule has 0 saturated heterocycles. The number of benzene rings is 1. The fraction of sp³-hybridized carbons (Fsp3) is 0.273. The van der Waals surface area contributed by atoms with Gasteiger partial charge in [-0.05, 0) is 38.2 Å². The molecular weight excluding hydrogens is 532 g/mol. The zero-order chi connectivity index (χ0) is 27.1. The van der Waals surface area contributed by atoms with E-state index in [0.29, 0.717) is 10.6 Å². The molecule has 1 aromatic carbocycles. The number of hydrogen-bond acceptors (Lipinski definition) is 9. The number of carbonyl (C=O) groups excluding carboxylic acids is 3. The lowest BCUT2D eigenvalue weighted by atomic mass is 10.2. The van der Waals surface area contributed by atoms with Crippen molar-refractivity contribution in [2.75, 3.05) is 30.9 Å². The molecule has 2 amide bonds. The fourth-order valence-electron chi connectivity index (χ4n) is 2.93. The van der Waals surface area contributed by atoms with E-state index in [2.05, 4.69) is 25.8 Å². The number of anilines is 2. The van der Waals surface area contributed by atoms with Gasteiger partial charge in [-0.3, -0.25) is 14.5 Å². The molecule has 0 aliphatic heterocycles. The number of rotatable bonds is 9. The van der Waals surface area contributed by atoms with E-state index < -0.39 is 35.8 Å². The quantitative estimate of drug-likeness (QED) is 0.381. The molecule has 0 fully saturated rings. The third kappa shape index (κ3) is 7.12. The molecule has 0 spiro atoms. The highest BCUT2D eigenvalue weighted by Gasteiger charge is 2.25. The van der Waals surface area contributed by atoms with Crippen LogP contribution in [0.2, 0.25) is 10.0 Å². The molecule has 0 aliphatic rings. The monoisotopic (exact) mass is 553 g/mol. The molecule has 0 bridgehead atoms. The van der Waals surface area contributed by atoms with E-state index >= 15 is 0 Å². The van der Waals surface area contributed by atoms with Crippen LogP contribution in [0.15, 0.2) is 36.5 Å². The van der Waals surface area contributed by atoms with Gasteiger partial charge in [-0.1, -0.05) is 29.3 Å². The van der Waals surface area contributed by atoms with Gasteiger partial charge in [0.05, 0.1) is 17.3 Å². The van der Waals surface area contributed by atoms with Gasteiger partial charge in [0.15, 0.2) is 0 Å². The summed E-state index contributed by atoms with van der Waals surface area (Å²) in [5.74, 6) is -2.42. The van der Waals surface area contributed by atoms with Crippen LogP contribution < -0.4 is 15.5 Å². The van der Waals surface area contributed by atoms with Gasteiger partial charge in [0.2, 0.25) is 11.9 Å². The number of nitrogens with zero attached hydrogens (tertiary/aromatic N) is 5. The third-order valence-corrected chi connectivity index (χ3v) is 5.30. The first kappa shape index (κ1) is 27.8. The normalized spacial score (nSPS) is 11.5. The van der Waals surface area contributed by atoms with E-state index in [1.165, 1.54) is 38.4 Å². The van der Waals surface area contributed by atoms with Crippen LogP contribution >= 0.6 is 23.2 Å². The summed E-state index contributed by atoms with van der Waals surface area (Å²) < 4.78 is 24.8. The average Bonchev–Trinajstić information content (AvgIpc) is 3.26. The van der Waals surface area contributed by atoms with Gasteiger partial charge in [-0.2, -0.15) is 4.39 Å². The second-order valence-electron chi connectivity index (χ2n) is 7.46. The number of halogens is 3. The largest absolute Gasteiger partial charge is 0.460 e. The topological polar surface area (TPSA) is 141 Å². The zero-order valence-electron chi connectivity index (χ0n) is 19.9. The Balaban J connectivity index is 1.68. The first-order chi connectivity index (χ1) is 17.6. The summed E-state index contributed by atoms with van der Waals surface area (Å²) in [5, 5.41) is 12.9. The lowest BCUT2D eigenvalue weighted by Crippen LogP contribution is -2.31. The molecule has 12 nitrogen and oxygen atoms in total. The maximum Gasteiger partial charge on any atom is 0.417 e. The van der Waals surface area contributed by atoms with Crippen LogP contribution in [0.1, 0.15) is 29.2 Å². The number of ether oxygens (including phenoxy) is 2. The second kappa shape index (κ2) is 12.4. The Labute approximate surface area is 220 Å². The van der Waals surface area contributed by atoms with Crippen molar-refractivity contribution in [2.24, 2.45) is 0 Å². The van der Waals surface area contributed by atoms with Crippen molar-refractivity contribution in [3.63, 3.8) is 0 Å². The predicted molar refractivity (Wildman–Crippen MR) is 132 cm³/mol. The molecule has 15 heteroatoms. The molecule has 0 saturated carbocycles. The molecule has 1 unspecified atom stereocenters. The van der Waals surface area contributed by atoms with Gasteiger partial charge < -0.3 is 20.1 Å². The van der Waals surface area contributed by atoms with Gasteiger partial charge in [0.1, 0.15) is 12.4 Å². The molecule has 196 valence electrons. The average molecular weight is 554 g/mol. The molecule has 2 heterocycles. The molecule has 37 heavy (non-hydrogen) atoms. The van der Waals surface area contributed by atoms with Crippen molar-refractivity contribution in [1.82, 2.24) is 25.3 Å². The van der Waals surface area contributed by atoms with E-state index in [-0.39, 0.29) is 29.7 Å². The van der Waals surface area contributed by atoms with Crippen LogP contribution in [0.3, 0.4) is 0 Å². The lowest BCUT2D eigenvalue weighted by Gasteiger charge is -2.21. The van der Waals surface area contributed by atoms with Gasteiger partial charge >= 0.3 is 12.1 Å². The Bertz CT molecular complexity index is 1310. The minimum Gasteiger partial charge on any atom is -0.460 e. The van der Waals surface area contributed by atoms with E-state index in [0.717, 1.165) is 9.70 Å². The van der Waals surface area contributed by atoms with E-state index in [9.17, 15) is 18.8 Å². The standard InChI is InChI=1S/C22H22Cl2FN7O5/c1-12(32-29-18(19(25)30-32)21(34)28-16-7-6-14(23)9-15(16)24)37-22(35)31(3)20-13(5-4-8-27-20)11-36-17(33)10-26-2/h4-9,12,26H,10-11H2,1-3H3,(H,28,34). The smallest absolute Gasteiger partial charge is 0.417 e. The highest BCUT2D eigenvalue weighted by molar-refractivity contribution is 6.36. The van der Waals surface area contributed by atoms with Crippen LogP contribution in [0.5, 0.6) is 0 Å². The number of pyridine rings is 1. The molecule has 2 aromatic heterocycles. The van der Waals surface area contributed by atoms with Gasteiger partial charge in [-0.15, -0.1) is 15.0 Å². The first-order valence-electron chi connectivity index (χ1n) is 10.7. The highest BCUT2D eigenvalue weighted by atomic mass is 35.5. The minimum atomic E-state index is -1.20. The predicted octanol–water partition coefficient (Wildman–Crippen LogP) is 3.43. The van der Waals surface area contributed by atoms with Crippen molar-refractivity contribution in [3.8, 4) is 0 Å². The molecule has 1 atom stereocenters. The zero-order valence-corrected chi connectivity index (χ0v) is 21.4. The third-order valence-electron chi connectivity index (χ3n) is 4.75. The number of nitrogens with one attached hydrogen (secondary N) is 2. The minimum absolute atomic E-state index is 0.0190. The molecular formula is C22H22Cl2FN7O5. The molecule has 3 aromatic rings. The summed E-state index contributed by atoms with van der Waals surface area (Å²) in [6.45, 7) is 1.27. The SMILES string of the molecule is CNCC(=O)OCc1cccnc1N(C)C(=O)OC(C)n1nc(F)c(C(=O)Nc2ccc(Cl)cc2Cl)n1. The summed E-state index contributed by atoms with van der Waals surface area (Å²) in [6, 6.07) is 7.59. The molecule has 0 radical (unpaired) electrons.